The summed E-state index contributed by atoms with van der Waals surface area (Å²) in [5.41, 5.74) is 1.12. The summed E-state index contributed by atoms with van der Waals surface area (Å²) in [6.07, 6.45) is 0. The third-order valence-corrected chi connectivity index (χ3v) is 5.72. The van der Waals surface area contributed by atoms with Gasteiger partial charge in [-0.15, -0.1) is 11.8 Å². The predicted octanol–water partition coefficient (Wildman–Crippen LogP) is 3.12. The van der Waals surface area contributed by atoms with Gasteiger partial charge in [0.2, 0.25) is 5.91 Å². The first-order valence-corrected chi connectivity index (χ1v) is 10.3. The molecule has 0 bridgehead atoms. The third kappa shape index (κ3) is 5.70. The van der Waals surface area contributed by atoms with Crippen molar-refractivity contribution in [2.45, 2.75) is 10.9 Å². The highest BCUT2D eigenvalue weighted by Gasteiger charge is 2.23. The summed E-state index contributed by atoms with van der Waals surface area (Å²) in [5, 5.41) is 3.00. The molecule has 150 valence electrons. The number of thioether (sulfide) groups is 1. The number of amides is 1. The van der Waals surface area contributed by atoms with E-state index in [2.05, 4.69) is 10.2 Å². The molecule has 0 radical (unpaired) electrons. The molecule has 0 saturated carbocycles. The summed E-state index contributed by atoms with van der Waals surface area (Å²) in [6, 6.07) is 14.5. The second-order valence-electron chi connectivity index (χ2n) is 6.46. The number of nitrogens with zero attached hydrogens (tertiary/aromatic N) is 1. The molecule has 1 atom stereocenters. The van der Waals surface area contributed by atoms with Gasteiger partial charge in [0.25, 0.3) is 0 Å². The molecule has 2 aromatic rings. The van der Waals surface area contributed by atoms with E-state index in [-0.39, 0.29) is 23.5 Å². The van der Waals surface area contributed by atoms with Crippen molar-refractivity contribution in [2.75, 3.05) is 45.7 Å². The number of ether oxygens (including phenoxy) is 2. The molecule has 0 unspecified atom stereocenters. The molecule has 0 spiro atoms. The normalized spacial score (nSPS) is 15.8. The van der Waals surface area contributed by atoms with E-state index in [1.807, 2.05) is 24.3 Å². The minimum Gasteiger partial charge on any atom is -0.497 e. The van der Waals surface area contributed by atoms with Crippen LogP contribution < -0.4 is 10.1 Å². The smallest absolute Gasteiger partial charge is 0.230 e. The second-order valence-corrected chi connectivity index (χ2v) is 7.48. The molecule has 7 heteroatoms. The molecular formula is C21H25FN2O3S. The van der Waals surface area contributed by atoms with Crippen molar-refractivity contribution in [3.63, 3.8) is 0 Å². The Labute approximate surface area is 169 Å². The summed E-state index contributed by atoms with van der Waals surface area (Å²) < 4.78 is 24.4. The van der Waals surface area contributed by atoms with Crippen molar-refractivity contribution in [2.24, 2.45) is 0 Å². The van der Waals surface area contributed by atoms with E-state index in [9.17, 15) is 9.18 Å². The third-order valence-electron chi connectivity index (χ3n) is 4.68. The number of carbonyl (C=O) groups excluding carboxylic acids is 1. The molecule has 1 amide bonds. The van der Waals surface area contributed by atoms with E-state index >= 15 is 0 Å². The highest BCUT2D eigenvalue weighted by atomic mass is 32.2. The molecular weight excluding hydrogens is 379 g/mol. The van der Waals surface area contributed by atoms with E-state index in [4.69, 9.17) is 9.47 Å². The van der Waals surface area contributed by atoms with E-state index < -0.39 is 0 Å². The van der Waals surface area contributed by atoms with Crippen LogP contribution in [-0.4, -0.2) is 56.5 Å². The topological polar surface area (TPSA) is 50.8 Å². The van der Waals surface area contributed by atoms with Crippen LogP contribution in [0.5, 0.6) is 5.75 Å². The number of rotatable bonds is 8. The van der Waals surface area contributed by atoms with Crippen LogP contribution in [-0.2, 0) is 9.53 Å². The number of halogens is 1. The quantitative estimate of drug-likeness (QED) is 0.685. The van der Waals surface area contributed by atoms with Gasteiger partial charge in [-0.05, 0) is 29.8 Å². The lowest BCUT2D eigenvalue weighted by atomic mass is 10.0. The second kappa shape index (κ2) is 10.5. The van der Waals surface area contributed by atoms with Gasteiger partial charge in [-0.3, -0.25) is 9.69 Å². The number of nitrogens with one attached hydrogen (secondary N) is 1. The molecule has 5 nitrogen and oxygen atoms in total. The van der Waals surface area contributed by atoms with Crippen LogP contribution in [0.25, 0.3) is 0 Å². The lowest BCUT2D eigenvalue weighted by Gasteiger charge is -2.35. The number of hydrogen-bond acceptors (Lipinski definition) is 5. The molecule has 0 aliphatic carbocycles. The molecule has 1 N–H and O–H groups in total. The Morgan fingerprint density at radius 2 is 1.93 bits per heavy atom. The Morgan fingerprint density at radius 3 is 2.61 bits per heavy atom. The number of benzene rings is 2. The van der Waals surface area contributed by atoms with Gasteiger partial charge >= 0.3 is 0 Å². The molecule has 1 fully saturated rings. The largest absolute Gasteiger partial charge is 0.497 e. The Balaban J connectivity index is 1.60. The molecule has 1 aliphatic heterocycles. The Kier molecular flexibility index (Phi) is 7.71. The maximum absolute atomic E-state index is 13.7. The molecule has 3 rings (SSSR count). The van der Waals surface area contributed by atoms with Crippen molar-refractivity contribution in [3.05, 3.63) is 59.9 Å². The highest BCUT2D eigenvalue weighted by Crippen LogP contribution is 2.24. The van der Waals surface area contributed by atoms with Crippen LogP contribution >= 0.6 is 11.8 Å². The predicted molar refractivity (Wildman–Crippen MR) is 108 cm³/mol. The van der Waals surface area contributed by atoms with Gasteiger partial charge in [-0.25, -0.2) is 4.39 Å². The first kappa shape index (κ1) is 20.6. The van der Waals surface area contributed by atoms with E-state index in [0.717, 1.165) is 24.4 Å². The summed E-state index contributed by atoms with van der Waals surface area (Å²) in [7, 11) is 1.64. The van der Waals surface area contributed by atoms with Crippen LogP contribution in [0.15, 0.2) is 53.4 Å². The van der Waals surface area contributed by atoms with Crippen LogP contribution in [0, 0.1) is 5.82 Å². The maximum Gasteiger partial charge on any atom is 0.230 e. The lowest BCUT2D eigenvalue weighted by molar-refractivity contribution is -0.118. The maximum atomic E-state index is 13.7. The molecule has 1 saturated heterocycles. The first-order chi connectivity index (χ1) is 13.7. The minimum atomic E-state index is -0.301. The van der Waals surface area contributed by atoms with Crippen LogP contribution in [0.2, 0.25) is 0 Å². The van der Waals surface area contributed by atoms with Crippen LogP contribution in [0.4, 0.5) is 4.39 Å². The molecule has 0 aromatic heterocycles. The van der Waals surface area contributed by atoms with Crippen LogP contribution in [0.3, 0.4) is 0 Å². The summed E-state index contributed by atoms with van der Waals surface area (Å²) >= 11 is 1.21. The summed E-state index contributed by atoms with van der Waals surface area (Å²) in [4.78, 5) is 15.1. The van der Waals surface area contributed by atoms with Crippen molar-refractivity contribution in [1.29, 1.82) is 0 Å². The summed E-state index contributed by atoms with van der Waals surface area (Å²) in [5.74, 6) is 0.568. The summed E-state index contributed by atoms with van der Waals surface area (Å²) in [6.45, 7) is 3.49. The van der Waals surface area contributed by atoms with Gasteiger partial charge in [-0.2, -0.15) is 0 Å². The Hall–Kier alpha value is -2.09. The zero-order valence-electron chi connectivity index (χ0n) is 15.9. The number of carbonyl (C=O) groups is 1. The SMILES string of the molecule is COc1ccc([C@H](CNC(=O)CSc2ccccc2F)N2CCOCC2)cc1. The van der Waals surface area contributed by atoms with Gasteiger partial charge in [0.15, 0.2) is 0 Å². The minimum absolute atomic E-state index is 0.0530. The Morgan fingerprint density at radius 1 is 1.21 bits per heavy atom. The zero-order chi connectivity index (χ0) is 19.8. The molecule has 2 aromatic carbocycles. The highest BCUT2D eigenvalue weighted by molar-refractivity contribution is 8.00. The molecule has 1 aliphatic rings. The van der Waals surface area contributed by atoms with Crippen molar-refractivity contribution >= 4 is 17.7 Å². The fourth-order valence-electron chi connectivity index (χ4n) is 3.14. The van der Waals surface area contributed by atoms with E-state index in [1.54, 1.807) is 25.3 Å². The standard InChI is InChI=1S/C21H25FN2O3S/c1-26-17-8-6-16(7-9-17)19(24-10-12-27-13-11-24)14-23-21(25)15-28-20-5-3-2-4-18(20)22/h2-9,19H,10-15H2,1H3,(H,23,25)/t19-/m0/s1. The Bertz CT molecular complexity index is 767. The fourth-order valence-corrected chi connectivity index (χ4v) is 3.91. The fraction of sp³-hybridized carbons (Fsp3) is 0.381. The average Bonchev–Trinajstić information content (AvgIpc) is 2.74. The van der Waals surface area contributed by atoms with Gasteiger partial charge < -0.3 is 14.8 Å². The molecule has 1 heterocycles. The number of hydrogen-bond donors (Lipinski definition) is 1. The monoisotopic (exact) mass is 404 g/mol. The van der Waals surface area contributed by atoms with Gasteiger partial charge in [0, 0.05) is 24.5 Å². The zero-order valence-corrected chi connectivity index (χ0v) is 16.7. The van der Waals surface area contributed by atoms with Crippen molar-refractivity contribution in [3.8, 4) is 5.75 Å². The van der Waals surface area contributed by atoms with Crippen LogP contribution in [0.1, 0.15) is 11.6 Å². The van der Waals surface area contributed by atoms with Crippen molar-refractivity contribution in [1.82, 2.24) is 10.2 Å². The number of morpholine rings is 1. The molecule has 28 heavy (non-hydrogen) atoms. The van der Waals surface area contributed by atoms with E-state index in [1.165, 1.54) is 17.8 Å². The van der Waals surface area contributed by atoms with E-state index in [0.29, 0.717) is 24.7 Å². The number of methoxy groups -OCH3 is 1. The average molecular weight is 405 g/mol. The van der Waals surface area contributed by atoms with Gasteiger partial charge in [-0.1, -0.05) is 24.3 Å². The van der Waals surface area contributed by atoms with Gasteiger partial charge in [0.05, 0.1) is 32.1 Å². The first-order valence-electron chi connectivity index (χ1n) is 9.27. The lowest BCUT2D eigenvalue weighted by Crippen LogP contribution is -2.44. The van der Waals surface area contributed by atoms with Gasteiger partial charge in [0.1, 0.15) is 11.6 Å². The van der Waals surface area contributed by atoms with Crippen molar-refractivity contribution < 1.29 is 18.7 Å².